The second-order valence-corrected chi connectivity index (χ2v) is 10.8. The molecule has 1 aliphatic rings. The number of aromatic nitrogens is 5. The Morgan fingerprint density at radius 1 is 1.21 bits per heavy atom. The van der Waals surface area contributed by atoms with Gasteiger partial charge in [-0.15, -0.1) is 0 Å². The summed E-state index contributed by atoms with van der Waals surface area (Å²) < 4.78 is 28.2. The third-order valence-corrected chi connectivity index (χ3v) is 7.90. The Kier molecular flexibility index (Phi) is 5.91. The normalized spacial score (nSPS) is 17.3. The zero-order chi connectivity index (χ0) is 23.7. The van der Waals surface area contributed by atoms with Crippen molar-refractivity contribution in [3.05, 3.63) is 66.6 Å². The van der Waals surface area contributed by atoms with Crippen molar-refractivity contribution in [2.45, 2.75) is 32.4 Å². The number of hydrogen-bond acceptors (Lipinski definition) is 6. The maximum absolute atomic E-state index is 13.2. The molecule has 1 unspecified atom stereocenters. The minimum absolute atomic E-state index is 0.0814. The Morgan fingerprint density at radius 3 is 2.74 bits per heavy atom. The first kappa shape index (κ1) is 22.3. The molecule has 0 radical (unpaired) electrons. The number of fused-ring (bicyclic) bond motifs is 1. The van der Waals surface area contributed by atoms with Crippen LogP contribution in [0.15, 0.2) is 55.1 Å². The van der Waals surface area contributed by atoms with Crippen LogP contribution in [-0.4, -0.2) is 56.5 Å². The summed E-state index contributed by atoms with van der Waals surface area (Å²) in [7, 11) is -3.08. The maximum Gasteiger partial charge on any atom is 0.272 e. The summed E-state index contributed by atoms with van der Waals surface area (Å²) in [6, 6.07) is 11.3. The Labute approximate surface area is 197 Å². The molecule has 0 bridgehead atoms. The van der Waals surface area contributed by atoms with Gasteiger partial charge in [0.25, 0.3) is 5.91 Å². The number of imidazole rings is 2. The quantitative estimate of drug-likeness (QED) is 0.409. The molecule has 0 spiro atoms. The van der Waals surface area contributed by atoms with E-state index in [1.165, 1.54) is 0 Å². The number of nitrogens with one attached hydrogen (secondary N) is 1. The van der Waals surface area contributed by atoms with E-state index in [4.69, 9.17) is 0 Å². The largest absolute Gasteiger partial charge is 0.351 e. The topological polar surface area (TPSA) is 112 Å². The standard InChI is InChI=1S/C24H26N6O3S/c1-17-27-22-21(30(17)19-8-13-34(32,33)15-19)14-20(18-6-3-2-4-7-18)28-23(22)24(31)26-9-5-11-29-12-10-25-16-29/h2-4,6-7,10,12,14,16,19H,5,8-9,11,13,15H2,1H3,(H,26,31). The molecule has 1 amide bonds. The molecule has 34 heavy (non-hydrogen) atoms. The van der Waals surface area contributed by atoms with E-state index in [0.717, 1.165) is 24.0 Å². The number of sulfone groups is 1. The Balaban J connectivity index is 1.51. The zero-order valence-corrected chi connectivity index (χ0v) is 19.7. The van der Waals surface area contributed by atoms with Gasteiger partial charge in [-0.2, -0.15) is 0 Å². The van der Waals surface area contributed by atoms with E-state index >= 15 is 0 Å². The third-order valence-electron chi connectivity index (χ3n) is 6.15. The number of nitrogens with zero attached hydrogens (tertiary/aromatic N) is 5. The van der Waals surface area contributed by atoms with Gasteiger partial charge in [0.15, 0.2) is 15.5 Å². The Bertz CT molecular complexity index is 1430. The van der Waals surface area contributed by atoms with Gasteiger partial charge in [-0.05, 0) is 25.8 Å². The molecule has 3 aromatic heterocycles. The molecule has 0 saturated carbocycles. The van der Waals surface area contributed by atoms with Crippen molar-refractivity contribution in [1.82, 2.24) is 29.4 Å². The van der Waals surface area contributed by atoms with E-state index in [1.54, 1.807) is 12.5 Å². The van der Waals surface area contributed by atoms with Crippen LogP contribution >= 0.6 is 0 Å². The highest BCUT2D eigenvalue weighted by molar-refractivity contribution is 7.91. The predicted molar refractivity (Wildman–Crippen MR) is 129 cm³/mol. The van der Waals surface area contributed by atoms with E-state index in [0.29, 0.717) is 30.0 Å². The van der Waals surface area contributed by atoms with Crippen LogP contribution in [0.2, 0.25) is 0 Å². The number of rotatable bonds is 7. The van der Waals surface area contributed by atoms with Crippen LogP contribution < -0.4 is 5.32 Å². The molecule has 1 aromatic carbocycles. The number of hydrogen-bond donors (Lipinski definition) is 1. The molecule has 4 heterocycles. The van der Waals surface area contributed by atoms with Gasteiger partial charge in [0, 0.05) is 31.0 Å². The number of pyridine rings is 1. The number of amides is 1. The van der Waals surface area contributed by atoms with Crippen molar-refractivity contribution in [2.24, 2.45) is 0 Å². The first-order valence-corrected chi connectivity index (χ1v) is 13.1. The van der Waals surface area contributed by atoms with Crippen molar-refractivity contribution < 1.29 is 13.2 Å². The first-order valence-electron chi connectivity index (χ1n) is 11.3. The van der Waals surface area contributed by atoms with E-state index in [2.05, 4.69) is 20.3 Å². The molecule has 0 aliphatic carbocycles. The lowest BCUT2D eigenvalue weighted by molar-refractivity contribution is 0.0949. The van der Waals surface area contributed by atoms with Crippen LogP contribution in [0.5, 0.6) is 0 Å². The molecule has 1 atom stereocenters. The minimum Gasteiger partial charge on any atom is -0.351 e. The fourth-order valence-electron chi connectivity index (χ4n) is 4.53. The van der Waals surface area contributed by atoms with E-state index in [9.17, 15) is 13.2 Å². The van der Waals surface area contributed by atoms with Crippen molar-refractivity contribution in [3.63, 3.8) is 0 Å². The summed E-state index contributed by atoms with van der Waals surface area (Å²) in [5, 5.41) is 2.96. The number of aryl methyl sites for hydroxylation is 2. The molecule has 10 heteroatoms. The Morgan fingerprint density at radius 2 is 2.03 bits per heavy atom. The van der Waals surface area contributed by atoms with Gasteiger partial charge in [0.05, 0.1) is 35.1 Å². The number of carbonyl (C=O) groups excluding carboxylic acids is 1. The van der Waals surface area contributed by atoms with Gasteiger partial charge in [-0.3, -0.25) is 4.79 Å². The SMILES string of the molecule is Cc1nc2c(C(=O)NCCCn3ccnc3)nc(-c3ccccc3)cc2n1C1CCS(=O)(=O)C1. The highest BCUT2D eigenvalue weighted by Crippen LogP contribution is 2.32. The molecular formula is C24H26N6O3S. The lowest BCUT2D eigenvalue weighted by Crippen LogP contribution is -2.26. The predicted octanol–water partition coefficient (Wildman–Crippen LogP) is 2.78. The highest BCUT2D eigenvalue weighted by atomic mass is 32.2. The van der Waals surface area contributed by atoms with Gasteiger partial charge >= 0.3 is 0 Å². The van der Waals surface area contributed by atoms with E-state index in [1.807, 2.05) is 58.7 Å². The van der Waals surface area contributed by atoms with Gasteiger partial charge in [0.1, 0.15) is 11.3 Å². The zero-order valence-electron chi connectivity index (χ0n) is 18.9. The van der Waals surface area contributed by atoms with Crippen LogP contribution in [-0.2, 0) is 16.4 Å². The minimum atomic E-state index is -3.08. The molecule has 1 aliphatic heterocycles. The van der Waals surface area contributed by atoms with Gasteiger partial charge in [-0.25, -0.2) is 23.4 Å². The third kappa shape index (κ3) is 4.45. The fraction of sp³-hybridized carbons (Fsp3) is 0.333. The summed E-state index contributed by atoms with van der Waals surface area (Å²) in [5.41, 5.74) is 3.01. The molecule has 1 fully saturated rings. The van der Waals surface area contributed by atoms with Gasteiger partial charge in [0.2, 0.25) is 0 Å². The maximum atomic E-state index is 13.2. The summed E-state index contributed by atoms with van der Waals surface area (Å²) >= 11 is 0. The van der Waals surface area contributed by atoms with Crippen molar-refractivity contribution in [2.75, 3.05) is 18.1 Å². The smallest absolute Gasteiger partial charge is 0.272 e. The molecule has 5 rings (SSSR count). The Hall–Kier alpha value is -3.53. The van der Waals surface area contributed by atoms with Crippen molar-refractivity contribution in [3.8, 4) is 11.3 Å². The summed E-state index contributed by atoms with van der Waals surface area (Å²) in [4.78, 5) is 26.6. The summed E-state index contributed by atoms with van der Waals surface area (Å²) in [5.74, 6) is 0.630. The van der Waals surface area contributed by atoms with Crippen molar-refractivity contribution >= 4 is 26.8 Å². The van der Waals surface area contributed by atoms with E-state index in [-0.39, 0.29) is 29.1 Å². The van der Waals surface area contributed by atoms with Crippen LogP contribution in [0.3, 0.4) is 0 Å². The second-order valence-electron chi connectivity index (χ2n) is 8.59. The van der Waals surface area contributed by atoms with E-state index < -0.39 is 9.84 Å². The van der Waals surface area contributed by atoms with Gasteiger partial charge < -0.3 is 14.5 Å². The van der Waals surface area contributed by atoms with Crippen LogP contribution in [0.1, 0.15) is 35.2 Å². The average Bonchev–Trinajstić information content (AvgIpc) is 3.54. The monoisotopic (exact) mass is 478 g/mol. The molecule has 176 valence electrons. The number of carbonyl (C=O) groups is 1. The fourth-order valence-corrected chi connectivity index (χ4v) is 6.23. The summed E-state index contributed by atoms with van der Waals surface area (Å²) in [6.45, 7) is 3.08. The summed E-state index contributed by atoms with van der Waals surface area (Å²) in [6.07, 6.45) is 6.64. The van der Waals surface area contributed by atoms with Crippen LogP contribution in [0.25, 0.3) is 22.3 Å². The number of benzene rings is 1. The van der Waals surface area contributed by atoms with Gasteiger partial charge in [-0.1, -0.05) is 30.3 Å². The molecule has 1 N–H and O–H groups in total. The first-order chi connectivity index (χ1) is 16.4. The highest BCUT2D eigenvalue weighted by Gasteiger charge is 2.32. The molecule has 9 nitrogen and oxygen atoms in total. The molecular weight excluding hydrogens is 452 g/mol. The lowest BCUT2D eigenvalue weighted by atomic mass is 10.1. The molecule has 1 saturated heterocycles. The average molecular weight is 479 g/mol. The van der Waals surface area contributed by atoms with Crippen LogP contribution in [0.4, 0.5) is 0 Å². The molecule has 4 aromatic rings. The van der Waals surface area contributed by atoms with Crippen LogP contribution in [0, 0.1) is 6.92 Å². The lowest BCUT2D eigenvalue weighted by Gasteiger charge is -2.15. The van der Waals surface area contributed by atoms with Crippen molar-refractivity contribution in [1.29, 1.82) is 0 Å². The second kappa shape index (κ2) is 9.02.